The van der Waals surface area contributed by atoms with Gasteiger partial charge < -0.3 is 14.8 Å². The van der Waals surface area contributed by atoms with Crippen LogP contribution in [-0.2, 0) is 9.47 Å². The summed E-state index contributed by atoms with van der Waals surface area (Å²) in [6, 6.07) is 5.46. The maximum absolute atomic E-state index is 13.3. The Kier molecular flexibility index (Phi) is 6.49. The van der Waals surface area contributed by atoms with Gasteiger partial charge in [-0.15, -0.1) is 4.99 Å². The van der Waals surface area contributed by atoms with Gasteiger partial charge in [-0.3, -0.25) is 5.32 Å². The highest BCUT2D eigenvalue weighted by Gasteiger charge is 2.20. The van der Waals surface area contributed by atoms with Gasteiger partial charge in [0.2, 0.25) is 5.96 Å². The normalized spacial score (nSPS) is 12.4. The predicted molar refractivity (Wildman–Crippen MR) is 93.1 cm³/mol. The van der Waals surface area contributed by atoms with Crippen LogP contribution >= 0.6 is 0 Å². The summed E-state index contributed by atoms with van der Waals surface area (Å²) in [7, 11) is 0. The standard InChI is InChI=1S/C17H24FN3O4/c1-16(2,3)24-14(22)20-13(21-15(23)25-17(4,5)6)19-12-9-7-8-11(18)10-12/h7-10H,1-6H3,(H2,19,20,21,22,23). The molecular formula is C17H24FN3O4. The van der Waals surface area contributed by atoms with Gasteiger partial charge in [0, 0.05) is 5.69 Å². The maximum atomic E-state index is 13.3. The average molecular weight is 353 g/mol. The third-order valence-electron chi connectivity index (χ3n) is 2.30. The van der Waals surface area contributed by atoms with Crippen molar-refractivity contribution >= 4 is 23.8 Å². The van der Waals surface area contributed by atoms with E-state index in [4.69, 9.17) is 9.47 Å². The number of nitrogens with one attached hydrogen (secondary N) is 2. The van der Waals surface area contributed by atoms with Gasteiger partial charge >= 0.3 is 12.2 Å². The number of benzene rings is 1. The van der Waals surface area contributed by atoms with E-state index in [-0.39, 0.29) is 5.96 Å². The van der Waals surface area contributed by atoms with Crippen LogP contribution in [0, 0.1) is 5.82 Å². The summed E-state index contributed by atoms with van der Waals surface area (Å²) in [5, 5.41) is 4.96. The molecule has 0 atom stereocenters. The molecule has 0 radical (unpaired) electrons. The van der Waals surface area contributed by atoms with Gasteiger partial charge in [0.15, 0.2) is 0 Å². The minimum absolute atomic E-state index is 0.242. The fourth-order valence-corrected chi connectivity index (χ4v) is 1.57. The second-order valence-electron chi connectivity index (χ2n) is 7.20. The summed E-state index contributed by atoms with van der Waals surface area (Å²) < 4.78 is 23.5. The van der Waals surface area contributed by atoms with E-state index in [1.54, 1.807) is 47.6 Å². The van der Waals surface area contributed by atoms with E-state index in [2.05, 4.69) is 15.6 Å². The SMILES string of the molecule is CC(C)(C)OC(=O)/N=C(/NC(=O)OC(C)(C)C)Nc1cccc(F)c1. The van der Waals surface area contributed by atoms with Crippen molar-refractivity contribution in [1.29, 1.82) is 0 Å². The van der Waals surface area contributed by atoms with Crippen LogP contribution < -0.4 is 10.6 Å². The van der Waals surface area contributed by atoms with E-state index in [0.717, 1.165) is 0 Å². The van der Waals surface area contributed by atoms with E-state index < -0.39 is 29.2 Å². The maximum Gasteiger partial charge on any atom is 0.437 e. The fourth-order valence-electron chi connectivity index (χ4n) is 1.57. The molecule has 25 heavy (non-hydrogen) atoms. The van der Waals surface area contributed by atoms with Gasteiger partial charge in [0.25, 0.3) is 0 Å². The van der Waals surface area contributed by atoms with Gasteiger partial charge in [0.05, 0.1) is 0 Å². The van der Waals surface area contributed by atoms with Gasteiger partial charge in [-0.1, -0.05) is 6.07 Å². The van der Waals surface area contributed by atoms with Gasteiger partial charge in [0.1, 0.15) is 17.0 Å². The molecule has 0 aliphatic carbocycles. The lowest BCUT2D eigenvalue weighted by Gasteiger charge is -2.21. The molecule has 0 unspecified atom stereocenters. The van der Waals surface area contributed by atoms with Crippen molar-refractivity contribution in [1.82, 2.24) is 5.32 Å². The lowest BCUT2D eigenvalue weighted by Crippen LogP contribution is -2.40. The van der Waals surface area contributed by atoms with Crippen molar-refractivity contribution in [3.05, 3.63) is 30.1 Å². The van der Waals surface area contributed by atoms with Crippen molar-refractivity contribution in [2.75, 3.05) is 5.32 Å². The molecule has 138 valence electrons. The third-order valence-corrected chi connectivity index (χ3v) is 2.30. The van der Waals surface area contributed by atoms with Crippen LogP contribution in [0.5, 0.6) is 0 Å². The molecule has 7 nitrogen and oxygen atoms in total. The average Bonchev–Trinajstić information content (AvgIpc) is 2.33. The minimum atomic E-state index is -0.914. The van der Waals surface area contributed by atoms with Crippen molar-refractivity contribution < 1.29 is 23.5 Å². The van der Waals surface area contributed by atoms with E-state index in [1.165, 1.54) is 18.2 Å². The number of carbonyl (C=O) groups is 2. The lowest BCUT2D eigenvalue weighted by molar-refractivity contribution is 0.0562. The van der Waals surface area contributed by atoms with Crippen molar-refractivity contribution in [3.8, 4) is 0 Å². The number of alkyl carbamates (subject to hydrolysis) is 1. The topological polar surface area (TPSA) is 89.0 Å². The molecular weight excluding hydrogens is 329 g/mol. The molecule has 0 aromatic heterocycles. The number of nitrogens with zero attached hydrogens (tertiary/aromatic N) is 1. The number of guanidine groups is 1. The Bertz CT molecular complexity index is 661. The Labute approximate surface area is 146 Å². The smallest absolute Gasteiger partial charge is 0.437 e. The van der Waals surface area contributed by atoms with Gasteiger partial charge in [-0.05, 0) is 59.7 Å². The number of hydrogen-bond donors (Lipinski definition) is 2. The van der Waals surface area contributed by atoms with E-state index in [1.807, 2.05) is 0 Å². The first kappa shape index (κ1) is 20.4. The summed E-state index contributed by atoms with van der Waals surface area (Å²) in [5.74, 6) is -0.729. The molecule has 8 heteroatoms. The number of aliphatic imine (C=N–C) groups is 1. The fraction of sp³-hybridized carbons (Fsp3) is 0.471. The second-order valence-corrected chi connectivity index (χ2v) is 7.20. The zero-order chi connectivity index (χ0) is 19.3. The molecule has 1 aromatic rings. The third kappa shape index (κ3) is 9.29. The molecule has 0 fully saturated rings. The molecule has 0 aliphatic heterocycles. The van der Waals surface area contributed by atoms with E-state index >= 15 is 0 Å². The Morgan fingerprint density at radius 2 is 1.64 bits per heavy atom. The molecule has 0 heterocycles. The number of anilines is 1. The highest BCUT2D eigenvalue weighted by molar-refractivity contribution is 6.06. The molecule has 1 aromatic carbocycles. The van der Waals surface area contributed by atoms with Crippen molar-refractivity contribution in [2.24, 2.45) is 4.99 Å². The number of ether oxygens (including phenoxy) is 2. The molecule has 0 spiro atoms. The highest BCUT2D eigenvalue weighted by Crippen LogP contribution is 2.11. The molecule has 0 saturated carbocycles. The van der Waals surface area contributed by atoms with E-state index in [0.29, 0.717) is 5.69 Å². The number of hydrogen-bond acceptors (Lipinski definition) is 4. The highest BCUT2D eigenvalue weighted by atomic mass is 19.1. The van der Waals surface area contributed by atoms with Gasteiger partial charge in [-0.2, -0.15) is 0 Å². The Morgan fingerprint density at radius 1 is 1.04 bits per heavy atom. The number of carbonyl (C=O) groups excluding carboxylic acids is 2. The van der Waals surface area contributed by atoms with E-state index in [9.17, 15) is 14.0 Å². The molecule has 2 N–H and O–H groups in total. The first-order chi connectivity index (χ1) is 11.3. The quantitative estimate of drug-likeness (QED) is 0.587. The summed E-state index contributed by atoms with van der Waals surface area (Å²) in [5.41, 5.74) is -1.20. The van der Waals surface area contributed by atoms with Crippen LogP contribution in [0.1, 0.15) is 41.5 Å². The summed E-state index contributed by atoms with van der Waals surface area (Å²) >= 11 is 0. The lowest BCUT2D eigenvalue weighted by atomic mass is 10.2. The number of halogens is 1. The second kappa shape index (κ2) is 7.96. The zero-order valence-electron chi connectivity index (χ0n) is 15.3. The molecule has 2 amide bonds. The molecule has 0 aliphatic rings. The summed E-state index contributed by atoms with van der Waals surface area (Å²) in [4.78, 5) is 27.5. The summed E-state index contributed by atoms with van der Waals surface area (Å²) in [6.07, 6.45) is -1.74. The first-order valence-corrected chi connectivity index (χ1v) is 7.68. The zero-order valence-corrected chi connectivity index (χ0v) is 15.3. The minimum Gasteiger partial charge on any atom is -0.444 e. The van der Waals surface area contributed by atoms with Crippen LogP contribution in [0.25, 0.3) is 0 Å². The Morgan fingerprint density at radius 3 is 2.16 bits per heavy atom. The van der Waals surface area contributed by atoms with Crippen molar-refractivity contribution in [2.45, 2.75) is 52.7 Å². The monoisotopic (exact) mass is 353 g/mol. The van der Waals surface area contributed by atoms with Gasteiger partial charge in [-0.25, -0.2) is 14.0 Å². The number of amides is 2. The molecule has 0 saturated heterocycles. The molecule has 1 rings (SSSR count). The number of rotatable bonds is 1. The Balaban J connectivity index is 2.96. The van der Waals surface area contributed by atoms with Crippen molar-refractivity contribution in [3.63, 3.8) is 0 Å². The van der Waals surface area contributed by atoms with Crippen LogP contribution in [0.2, 0.25) is 0 Å². The predicted octanol–water partition coefficient (Wildman–Crippen LogP) is 4.05. The molecule has 0 bridgehead atoms. The summed E-state index contributed by atoms with van der Waals surface area (Å²) in [6.45, 7) is 10.1. The first-order valence-electron chi connectivity index (χ1n) is 7.68. The van der Waals surface area contributed by atoms with Crippen LogP contribution in [-0.4, -0.2) is 29.3 Å². The largest absolute Gasteiger partial charge is 0.444 e. The Hall–Kier alpha value is -2.64. The van der Waals surface area contributed by atoms with Crippen LogP contribution in [0.4, 0.5) is 19.7 Å². The van der Waals surface area contributed by atoms with Crippen LogP contribution in [0.15, 0.2) is 29.3 Å². The van der Waals surface area contributed by atoms with Crippen LogP contribution in [0.3, 0.4) is 0 Å².